The van der Waals surface area contributed by atoms with Crippen LogP contribution in [0.4, 0.5) is 5.69 Å². The Hall–Kier alpha value is -3.23. The van der Waals surface area contributed by atoms with Gasteiger partial charge in [-0.2, -0.15) is 0 Å². The maximum Gasteiger partial charge on any atom is 0.264 e. The molecule has 1 N–H and O–H groups in total. The maximum atomic E-state index is 13.4. The molecular weight excluding hydrogens is 464 g/mol. The number of amides is 1. The molecule has 0 aliphatic carbocycles. The molecule has 0 aromatic heterocycles. The highest BCUT2D eigenvalue weighted by Crippen LogP contribution is 2.34. The highest BCUT2D eigenvalue weighted by atomic mass is 35.5. The molecule has 0 atom stereocenters. The van der Waals surface area contributed by atoms with Gasteiger partial charge < -0.3 is 14.8 Å². The van der Waals surface area contributed by atoms with Crippen molar-refractivity contribution in [3.05, 3.63) is 83.4 Å². The summed E-state index contributed by atoms with van der Waals surface area (Å²) in [5.74, 6) is 0.503. The lowest BCUT2D eigenvalue weighted by molar-refractivity contribution is -0.119. The number of carbonyl (C=O) groups is 1. The highest BCUT2D eigenvalue weighted by Gasteiger charge is 2.29. The third kappa shape index (κ3) is 6.18. The lowest BCUT2D eigenvalue weighted by atomic mass is 10.2. The summed E-state index contributed by atoms with van der Waals surface area (Å²) in [4.78, 5) is 12.8. The number of methoxy groups -OCH3 is 1. The van der Waals surface area contributed by atoms with E-state index in [1.54, 1.807) is 30.3 Å². The van der Waals surface area contributed by atoms with E-state index in [2.05, 4.69) is 5.32 Å². The summed E-state index contributed by atoms with van der Waals surface area (Å²) in [6, 6.07) is 20.0. The Bertz CT molecular complexity index is 1200. The Kier molecular flexibility index (Phi) is 8.19. The minimum absolute atomic E-state index is 0.0442. The molecule has 9 heteroatoms. The van der Waals surface area contributed by atoms with Gasteiger partial charge in [-0.05, 0) is 48.9 Å². The number of hydrogen-bond donors (Lipinski definition) is 1. The highest BCUT2D eigenvalue weighted by molar-refractivity contribution is 7.92. The topological polar surface area (TPSA) is 84.9 Å². The molecule has 174 valence electrons. The molecule has 0 bridgehead atoms. The van der Waals surface area contributed by atoms with Gasteiger partial charge in [0.1, 0.15) is 24.7 Å². The number of sulfonamides is 1. The minimum atomic E-state index is -4.08. The van der Waals surface area contributed by atoms with Crippen molar-refractivity contribution in [2.24, 2.45) is 0 Å². The van der Waals surface area contributed by atoms with E-state index in [0.29, 0.717) is 5.02 Å². The van der Waals surface area contributed by atoms with Crippen LogP contribution in [-0.2, 0) is 14.8 Å². The van der Waals surface area contributed by atoms with Crippen molar-refractivity contribution in [2.45, 2.75) is 11.8 Å². The third-order valence-corrected chi connectivity index (χ3v) is 6.81. The molecule has 7 nitrogen and oxygen atoms in total. The average Bonchev–Trinajstić information content (AvgIpc) is 2.82. The van der Waals surface area contributed by atoms with Crippen molar-refractivity contribution in [3.8, 4) is 11.5 Å². The second kappa shape index (κ2) is 11.1. The first-order valence-corrected chi connectivity index (χ1v) is 12.0. The number of anilines is 1. The minimum Gasteiger partial charge on any atom is -0.495 e. The quantitative estimate of drug-likeness (QED) is 0.435. The van der Waals surface area contributed by atoms with Gasteiger partial charge in [0.15, 0.2) is 0 Å². The second-order valence-electron chi connectivity index (χ2n) is 7.10. The van der Waals surface area contributed by atoms with E-state index in [1.165, 1.54) is 25.3 Å². The summed E-state index contributed by atoms with van der Waals surface area (Å²) in [5.41, 5.74) is 1.15. The van der Waals surface area contributed by atoms with Crippen LogP contribution in [0.25, 0.3) is 0 Å². The van der Waals surface area contributed by atoms with Crippen LogP contribution in [0.2, 0.25) is 5.02 Å². The summed E-state index contributed by atoms with van der Waals surface area (Å²) in [7, 11) is -2.66. The number of halogens is 1. The molecule has 3 rings (SSSR count). The summed E-state index contributed by atoms with van der Waals surface area (Å²) in [6.07, 6.45) is 0. The Morgan fingerprint density at radius 1 is 1.00 bits per heavy atom. The third-order valence-electron chi connectivity index (χ3n) is 4.80. The van der Waals surface area contributed by atoms with E-state index < -0.39 is 22.5 Å². The van der Waals surface area contributed by atoms with Crippen molar-refractivity contribution in [2.75, 3.05) is 31.1 Å². The lowest BCUT2D eigenvalue weighted by Gasteiger charge is -2.26. The fourth-order valence-electron chi connectivity index (χ4n) is 3.13. The smallest absolute Gasteiger partial charge is 0.264 e. The summed E-state index contributed by atoms with van der Waals surface area (Å²) in [5, 5.41) is 3.02. The van der Waals surface area contributed by atoms with E-state index in [1.807, 2.05) is 31.2 Å². The molecule has 0 aliphatic rings. The molecule has 0 spiro atoms. The molecule has 0 heterocycles. The van der Waals surface area contributed by atoms with Crippen molar-refractivity contribution in [1.82, 2.24) is 5.32 Å². The van der Waals surface area contributed by atoms with E-state index >= 15 is 0 Å². The van der Waals surface area contributed by atoms with Crippen LogP contribution in [0.3, 0.4) is 0 Å². The molecule has 0 saturated heterocycles. The summed E-state index contributed by atoms with van der Waals surface area (Å²) < 4.78 is 38.9. The Morgan fingerprint density at radius 2 is 1.70 bits per heavy atom. The van der Waals surface area contributed by atoms with Crippen molar-refractivity contribution in [3.63, 3.8) is 0 Å². The monoisotopic (exact) mass is 488 g/mol. The first-order chi connectivity index (χ1) is 15.8. The van der Waals surface area contributed by atoms with Gasteiger partial charge in [-0.25, -0.2) is 8.42 Å². The molecule has 3 aromatic rings. The van der Waals surface area contributed by atoms with Crippen molar-refractivity contribution < 1.29 is 22.7 Å². The number of ether oxygens (including phenoxy) is 2. The number of aryl methyl sites for hydroxylation is 1. The molecule has 0 saturated carbocycles. The number of rotatable bonds is 10. The Labute approximate surface area is 198 Å². The van der Waals surface area contributed by atoms with Crippen LogP contribution in [0.5, 0.6) is 11.5 Å². The molecule has 0 radical (unpaired) electrons. The zero-order valence-corrected chi connectivity index (χ0v) is 19.9. The fourth-order valence-corrected chi connectivity index (χ4v) is 4.74. The van der Waals surface area contributed by atoms with Gasteiger partial charge in [-0.3, -0.25) is 9.10 Å². The number of nitrogens with one attached hydrogen (secondary N) is 1. The van der Waals surface area contributed by atoms with Crippen LogP contribution in [0.1, 0.15) is 5.56 Å². The SMILES string of the molecule is COc1ccc(Cl)cc1N(CC(=O)NCCOc1ccccc1C)S(=O)(=O)c1ccccc1. The number of hydrogen-bond acceptors (Lipinski definition) is 5. The Balaban J connectivity index is 1.78. The predicted octanol–water partition coefficient (Wildman–Crippen LogP) is 4.05. The van der Waals surface area contributed by atoms with E-state index in [4.69, 9.17) is 21.1 Å². The number of para-hydroxylation sites is 1. The van der Waals surface area contributed by atoms with E-state index in [0.717, 1.165) is 15.6 Å². The Morgan fingerprint density at radius 3 is 2.39 bits per heavy atom. The average molecular weight is 489 g/mol. The van der Waals surface area contributed by atoms with Crippen LogP contribution in [0.15, 0.2) is 77.7 Å². The van der Waals surface area contributed by atoms with E-state index in [-0.39, 0.29) is 29.5 Å². The first-order valence-electron chi connectivity index (χ1n) is 10.2. The molecule has 3 aromatic carbocycles. The largest absolute Gasteiger partial charge is 0.495 e. The molecule has 0 fully saturated rings. The maximum absolute atomic E-state index is 13.4. The van der Waals surface area contributed by atoms with Crippen LogP contribution < -0.4 is 19.1 Å². The van der Waals surface area contributed by atoms with Crippen molar-refractivity contribution >= 4 is 33.2 Å². The van der Waals surface area contributed by atoms with Gasteiger partial charge >= 0.3 is 0 Å². The second-order valence-corrected chi connectivity index (χ2v) is 9.40. The first kappa shape index (κ1) is 24.4. The van der Waals surface area contributed by atoms with Crippen molar-refractivity contribution in [1.29, 1.82) is 0 Å². The van der Waals surface area contributed by atoms with Gasteiger partial charge in [-0.1, -0.05) is 48.0 Å². The zero-order valence-electron chi connectivity index (χ0n) is 18.3. The fraction of sp³-hybridized carbons (Fsp3) is 0.208. The van der Waals surface area contributed by atoms with Gasteiger partial charge in [0.05, 0.1) is 24.2 Å². The van der Waals surface area contributed by atoms with Gasteiger partial charge in [0.2, 0.25) is 5.91 Å². The molecular formula is C24H25ClN2O5S. The zero-order chi connectivity index (χ0) is 23.8. The number of nitrogens with zero attached hydrogens (tertiary/aromatic N) is 1. The van der Waals surface area contributed by atoms with Crippen LogP contribution in [-0.4, -0.2) is 41.1 Å². The number of benzene rings is 3. The molecule has 33 heavy (non-hydrogen) atoms. The summed E-state index contributed by atoms with van der Waals surface area (Å²) in [6.45, 7) is 1.92. The summed E-state index contributed by atoms with van der Waals surface area (Å²) >= 11 is 6.13. The van der Waals surface area contributed by atoms with Crippen LogP contribution >= 0.6 is 11.6 Å². The van der Waals surface area contributed by atoms with Gasteiger partial charge in [0, 0.05) is 5.02 Å². The predicted molar refractivity (Wildman–Crippen MR) is 129 cm³/mol. The standard InChI is InChI=1S/C24H25ClN2O5S/c1-18-8-6-7-11-22(18)32-15-14-26-24(28)17-27(21-16-19(25)12-13-23(21)31-2)33(29,30)20-9-4-3-5-10-20/h3-13,16H,14-15,17H2,1-2H3,(H,26,28). The van der Waals surface area contributed by atoms with Gasteiger partial charge in [-0.15, -0.1) is 0 Å². The molecule has 0 unspecified atom stereocenters. The molecule has 0 aliphatic heterocycles. The normalized spacial score (nSPS) is 11.0. The van der Waals surface area contributed by atoms with Crippen LogP contribution in [0, 0.1) is 6.92 Å². The lowest BCUT2D eigenvalue weighted by Crippen LogP contribution is -2.42. The van der Waals surface area contributed by atoms with Gasteiger partial charge in [0.25, 0.3) is 10.0 Å². The number of carbonyl (C=O) groups excluding carboxylic acids is 1. The van der Waals surface area contributed by atoms with E-state index in [9.17, 15) is 13.2 Å². The molecule has 1 amide bonds.